The van der Waals surface area contributed by atoms with Crippen molar-refractivity contribution in [1.82, 2.24) is 4.31 Å². The van der Waals surface area contributed by atoms with Gasteiger partial charge in [-0.25, -0.2) is 8.42 Å². The van der Waals surface area contributed by atoms with Crippen LogP contribution in [0, 0.1) is 5.41 Å². The van der Waals surface area contributed by atoms with E-state index in [-0.39, 0.29) is 23.3 Å². The zero-order valence-corrected chi connectivity index (χ0v) is 10.1. The van der Waals surface area contributed by atoms with E-state index in [1.54, 1.807) is 4.31 Å². The summed E-state index contributed by atoms with van der Waals surface area (Å²) in [6.45, 7) is 4.51. The molecule has 0 aromatic rings. The molecule has 0 aromatic heterocycles. The van der Waals surface area contributed by atoms with Crippen LogP contribution in [0.15, 0.2) is 0 Å². The van der Waals surface area contributed by atoms with Crippen molar-refractivity contribution in [2.45, 2.75) is 45.3 Å². The predicted molar refractivity (Wildman–Crippen MR) is 57.9 cm³/mol. The summed E-state index contributed by atoms with van der Waals surface area (Å²) in [4.78, 5) is 0. The van der Waals surface area contributed by atoms with Gasteiger partial charge in [-0.1, -0.05) is 13.8 Å². The van der Waals surface area contributed by atoms with Crippen molar-refractivity contribution < 1.29 is 13.5 Å². The highest BCUT2D eigenvalue weighted by atomic mass is 32.2. The normalized spacial score (nSPS) is 39.7. The quantitative estimate of drug-likeness (QED) is 0.720. The summed E-state index contributed by atoms with van der Waals surface area (Å²) in [5.41, 5.74) is -0.287. The van der Waals surface area contributed by atoms with Gasteiger partial charge < -0.3 is 5.11 Å². The summed E-state index contributed by atoms with van der Waals surface area (Å²) in [7, 11) is -3.06. The molecule has 5 heteroatoms. The van der Waals surface area contributed by atoms with E-state index in [9.17, 15) is 13.5 Å². The fraction of sp³-hybridized carbons (Fsp3) is 1.00. The second kappa shape index (κ2) is 3.43. The van der Waals surface area contributed by atoms with Gasteiger partial charge in [0.1, 0.15) is 0 Å². The first-order valence-electron chi connectivity index (χ1n) is 5.53. The molecule has 0 aromatic carbocycles. The van der Waals surface area contributed by atoms with E-state index in [1.807, 2.05) is 13.8 Å². The Kier molecular flexibility index (Phi) is 2.60. The standard InChI is InChI=1S/C10H19NO3S/c1-10(2)8(7-9(10)12)11-5-3-4-6-15(11,13)14/h8-9,12H,3-7H2,1-2H3. The summed E-state index contributed by atoms with van der Waals surface area (Å²) >= 11 is 0. The molecule has 2 atom stereocenters. The molecule has 0 radical (unpaired) electrons. The Morgan fingerprint density at radius 2 is 2.00 bits per heavy atom. The maximum absolute atomic E-state index is 11.9. The summed E-state index contributed by atoms with van der Waals surface area (Å²) in [6, 6.07) is -0.00204. The monoisotopic (exact) mass is 233 g/mol. The molecule has 2 rings (SSSR count). The number of aliphatic hydroxyl groups is 1. The van der Waals surface area contributed by atoms with Crippen molar-refractivity contribution in [3.05, 3.63) is 0 Å². The fourth-order valence-corrected chi connectivity index (χ4v) is 4.48. The lowest BCUT2D eigenvalue weighted by Crippen LogP contribution is -2.63. The average Bonchev–Trinajstić information content (AvgIpc) is 2.14. The maximum Gasteiger partial charge on any atom is 0.214 e. The third-order valence-corrected chi connectivity index (χ3v) is 5.86. The van der Waals surface area contributed by atoms with Gasteiger partial charge in [0.15, 0.2) is 0 Å². The van der Waals surface area contributed by atoms with Gasteiger partial charge in [-0.3, -0.25) is 0 Å². The molecule has 1 aliphatic heterocycles. The van der Waals surface area contributed by atoms with Crippen LogP contribution in [0.2, 0.25) is 0 Å². The van der Waals surface area contributed by atoms with Crippen LogP contribution >= 0.6 is 0 Å². The SMILES string of the molecule is CC1(C)C(O)CC1N1CCCCS1(=O)=O. The van der Waals surface area contributed by atoms with E-state index in [0.717, 1.165) is 12.8 Å². The Bertz CT molecular complexity index is 350. The van der Waals surface area contributed by atoms with Crippen molar-refractivity contribution in [1.29, 1.82) is 0 Å². The smallest absolute Gasteiger partial charge is 0.214 e. The average molecular weight is 233 g/mol. The van der Waals surface area contributed by atoms with Gasteiger partial charge >= 0.3 is 0 Å². The molecule has 1 saturated carbocycles. The van der Waals surface area contributed by atoms with Crippen LogP contribution in [-0.2, 0) is 10.0 Å². The van der Waals surface area contributed by atoms with Gasteiger partial charge in [0.05, 0.1) is 11.9 Å². The van der Waals surface area contributed by atoms with Crippen LogP contribution < -0.4 is 0 Å². The predicted octanol–water partition coefficient (Wildman–Crippen LogP) is 0.571. The number of hydrogen-bond donors (Lipinski definition) is 1. The van der Waals surface area contributed by atoms with E-state index < -0.39 is 10.0 Å². The molecular weight excluding hydrogens is 214 g/mol. The molecule has 0 amide bonds. The fourth-order valence-electron chi connectivity index (χ4n) is 2.53. The molecule has 1 saturated heterocycles. The highest BCUT2D eigenvalue weighted by molar-refractivity contribution is 7.89. The highest BCUT2D eigenvalue weighted by Crippen LogP contribution is 2.45. The molecule has 2 unspecified atom stereocenters. The van der Waals surface area contributed by atoms with Gasteiger partial charge in [-0.15, -0.1) is 0 Å². The van der Waals surface area contributed by atoms with Gasteiger partial charge in [0, 0.05) is 18.0 Å². The summed E-state index contributed by atoms with van der Waals surface area (Å²) < 4.78 is 25.3. The van der Waals surface area contributed by atoms with Crippen molar-refractivity contribution in [2.75, 3.05) is 12.3 Å². The third-order valence-electron chi connectivity index (χ3n) is 3.90. The minimum Gasteiger partial charge on any atom is -0.392 e. The van der Waals surface area contributed by atoms with Gasteiger partial charge in [0.2, 0.25) is 10.0 Å². The molecule has 2 fully saturated rings. The van der Waals surface area contributed by atoms with E-state index in [2.05, 4.69) is 0 Å². The van der Waals surface area contributed by atoms with Crippen LogP contribution in [0.3, 0.4) is 0 Å². The van der Waals surface area contributed by atoms with Crippen LogP contribution in [-0.4, -0.2) is 42.3 Å². The Morgan fingerprint density at radius 3 is 2.47 bits per heavy atom. The molecule has 1 heterocycles. The molecular formula is C10H19NO3S. The van der Waals surface area contributed by atoms with Crippen LogP contribution in [0.4, 0.5) is 0 Å². The number of aliphatic hydroxyl groups excluding tert-OH is 1. The van der Waals surface area contributed by atoms with Crippen molar-refractivity contribution in [3.63, 3.8) is 0 Å². The highest BCUT2D eigenvalue weighted by Gasteiger charge is 2.53. The molecule has 0 spiro atoms. The minimum atomic E-state index is -3.06. The molecule has 1 aliphatic carbocycles. The van der Waals surface area contributed by atoms with Crippen LogP contribution in [0.1, 0.15) is 33.1 Å². The first-order chi connectivity index (χ1) is 6.86. The molecule has 88 valence electrons. The second-order valence-electron chi connectivity index (χ2n) is 5.22. The number of nitrogens with zero attached hydrogens (tertiary/aromatic N) is 1. The number of hydrogen-bond acceptors (Lipinski definition) is 3. The van der Waals surface area contributed by atoms with E-state index in [0.29, 0.717) is 13.0 Å². The third kappa shape index (κ3) is 1.70. The Labute approximate surface area is 91.3 Å². The molecule has 4 nitrogen and oxygen atoms in total. The van der Waals surface area contributed by atoms with Gasteiger partial charge in [0.25, 0.3) is 0 Å². The largest absolute Gasteiger partial charge is 0.392 e. The van der Waals surface area contributed by atoms with E-state index in [4.69, 9.17) is 0 Å². The summed E-state index contributed by atoms with van der Waals surface area (Å²) in [5, 5.41) is 9.63. The van der Waals surface area contributed by atoms with Crippen LogP contribution in [0.5, 0.6) is 0 Å². The molecule has 1 N–H and O–H groups in total. The summed E-state index contributed by atoms with van der Waals surface area (Å²) in [5.74, 6) is 0.273. The van der Waals surface area contributed by atoms with Crippen molar-refractivity contribution in [2.24, 2.45) is 5.41 Å². The second-order valence-corrected chi connectivity index (χ2v) is 7.26. The van der Waals surface area contributed by atoms with Crippen molar-refractivity contribution >= 4 is 10.0 Å². The molecule has 15 heavy (non-hydrogen) atoms. The van der Waals surface area contributed by atoms with E-state index in [1.165, 1.54) is 0 Å². The lowest BCUT2D eigenvalue weighted by molar-refractivity contribution is -0.0985. The van der Waals surface area contributed by atoms with Gasteiger partial charge in [-0.2, -0.15) is 4.31 Å². The van der Waals surface area contributed by atoms with E-state index >= 15 is 0 Å². The Hall–Kier alpha value is -0.130. The zero-order chi connectivity index (χ0) is 11.3. The lowest BCUT2D eigenvalue weighted by Gasteiger charge is -2.54. The Balaban J connectivity index is 2.18. The Morgan fingerprint density at radius 1 is 1.33 bits per heavy atom. The molecule has 0 bridgehead atoms. The number of sulfonamides is 1. The minimum absolute atomic E-state index is 0.00204. The molecule has 2 aliphatic rings. The summed E-state index contributed by atoms with van der Waals surface area (Å²) in [6.07, 6.45) is 1.95. The maximum atomic E-state index is 11.9. The lowest BCUT2D eigenvalue weighted by atomic mass is 9.64. The van der Waals surface area contributed by atoms with Crippen molar-refractivity contribution in [3.8, 4) is 0 Å². The topological polar surface area (TPSA) is 57.6 Å². The zero-order valence-electron chi connectivity index (χ0n) is 9.31. The first kappa shape index (κ1) is 11.4. The number of rotatable bonds is 1. The van der Waals surface area contributed by atoms with Gasteiger partial charge in [-0.05, 0) is 19.3 Å². The first-order valence-corrected chi connectivity index (χ1v) is 7.14. The van der Waals surface area contributed by atoms with Crippen LogP contribution in [0.25, 0.3) is 0 Å².